The number of hydrogen-bond donors (Lipinski definition) is 1. The van der Waals surface area contributed by atoms with Gasteiger partial charge in [0.1, 0.15) is 0 Å². The zero-order chi connectivity index (χ0) is 19.1. The SMILES string of the molecule is CCn1c(SCC(=O)NCc2ccc(COC)cc2)nnc1-c1ccco1. The first kappa shape index (κ1) is 19.2. The van der Waals surface area contributed by atoms with E-state index in [1.807, 2.05) is 47.9 Å². The van der Waals surface area contributed by atoms with E-state index < -0.39 is 0 Å². The van der Waals surface area contributed by atoms with E-state index in [2.05, 4.69) is 15.5 Å². The van der Waals surface area contributed by atoms with Crippen LogP contribution in [0.25, 0.3) is 11.6 Å². The molecule has 142 valence electrons. The average Bonchev–Trinajstić information content (AvgIpc) is 3.35. The largest absolute Gasteiger partial charge is 0.461 e. The highest BCUT2D eigenvalue weighted by molar-refractivity contribution is 7.99. The van der Waals surface area contributed by atoms with Crippen LogP contribution >= 0.6 is 11.8 Å². The summed E-state index contributed by atoms with van der Waals surface area (Å²) in [5.74, 6) is 1.56. The molecule has 0 bridgehead atoms. The summed E-state index contributed by atoms with van der Waals surface area (Å²) >= 11 is 1.36. The Kier molecular flexibility index (Phi) is 6.67. The standard InChI is InChI=1S/C19H22N4O3S/c1-3-23-18(16-5-4-10-26-16)21-22-19(23)27-13-17(24)20-11-14-6-8-15(9-7-14)12-25-2/h4-10H,3,11-13H2,1-2H3,(H,20,24). The van der Waals surface area contributed by atoms with Crippen LogP contribution in [0.3, 0.4) is 0 Å². The molecule has 1 aromatic carbocycles. The van der Waals surface area contributed by atoms with Crippen molar-refractivity contribution < 1.29 is 13.9 Å². The maximum absolute atomic E-state index is 12.2. The predicted octanol–water partition coefficient (Wildman–Crippen LogP) is 3.11. The fourth-order valence-electron chi connectivity index (χ4n) is 2.57. The van der Waals surface area contributed by atoms with E-state index >= 15 is 0 Å². The van der Waals surface area contributed by atoms with E-state index in [0.717, 1.165) is 11.1 Å². The summed E-state index contributed by atoms with van der Waals surface area (Å²) in [5, 5.41) is 12.0. The molecule has 0 saturated carbocycles. The van der Waals surface area contributed by atoms with Crippen LogP contribution in [0.15, 0.2) is 52.2 Å². The quantitative estimate of drug-likeness (QED) is 0.569. The Labute approximate surface area is 162 Å². The second-order valence-electron chi connectivity index (χ2n) is 5.84. The van der Waals surface area contributed by atoms with Gasteiger partial charge in [-0.2, -0.15) is 0 Å². The van der Waals surface area contributed by atoms with Gasteiger partial charge in [-0.05, 0) is 30.2 Å². The van der Waals surface area contributed by atoms with Crippen molar-refractivity contribution in [2.45, 2.75) is 31.8 Å². The van der Waals surface area contributed by atoms with Gasteiger partial charge in [-0.3, -0.25) is 9.36 Å². The van der Waals surface area contributed by atoms with E-state index in [1.54, 1.807) is 13.4 Å². The third-order valence-corrected chi connectivity index (χ3v) is 4.90. The minimum absolute atomic E-state index is 0.0498. The molecule has 0 spiro atoms. The number of rotatable bonds is 9. The van der Waals surface area contributed by atoms with Gasteiger partial charge >= 0.3 is 0 Å². The Morgan fingerprint density at radius 3 is 2.67 bits per heavy atom. The number of thioether (sulfide) groups is 1. The maximum atomic E-state index is 12.2. The second kappa shape index (κ2) is 9.38. The molecule has 3 aromatic rings. The first-order chi connectivity index (χ1) is 13.2. The van der Waals surface area contributed by atoms with Gasteiger partial charge in [0, 0.05) is 20.2 Å². The number of nitrogens with zero attached hydrogens (tertiary/aromatic N) is 3. The lowest BCUT2D eigenvalue weighted by Gasteiger charge is -2.07. The van der Waals surface area contributed by atoms with Crippen molar-refractivity contribution in [1.29, 1.82) is 0 Å². The Bertz CT molecular complexity index is 860. The average molecular weight is 386 g/mol. The molecular weight excluding hydrogens is 364 g/mol. The van der Waals surface area contributed by atoms with Crippen LogP contribution in [-0.4, -0.2) is 33.5 Å². The van der Waals surface area contributed by atoms with Crippen molar-refractivity contribution in [2.24, 2.45) is 0 Å². The number of benzene rings is 1. The van der Waals surface area contributed by atoms with Crippen LogP contribution in [-0.2, 0) is 29.2 Å². The lowest BCUT2D eigenvalue weighted by molar-refractivity contribution is -0.118. The summed E-state index contributed by atoms with van der Waals surface area (Å²) in [6.07, 6.45) is 1.60. The first-order valence-corrected chi connectivity index (χ1v) is 9.63. The lowest BCUT2D eigenvalue weighted by Crippen LogP contribution is -2.24. The van der Waals surface area contributed by atoms with Gasteiger partial charge in [0.15, 0.2) is 16.7 Å². The molecule has 0 radical (unpaired) electrons. The minimum Gasteiger partial charge on any atom is -0.461 e. The topological polar surface area (TPSA) is 82.2 Å². The van der Waals surface area contributed by atoms with Gasteiger partial charge in [-0.25, -0.2) is 0 Å². The van der Waals surface area contributed by atoms with Crippen LogP contribution in [0.2, 0.25) is 0 Å². The monoisotopic (exact) mass is 386 g/mol. The Morgan fingerprint density at radius 2 is 2.00 bits per heavy atom. The van der Waals surface area contributed by atoms with E-state index in [-0.39, 0.29) is 11.7 Å². The highest BCUT2D eigenvalue weighted by Gasteiger charge is 2.16. The van der Waals surface area contributed by atoms with Crippen molar-refractivity contribution in [1.82, 2.24) is 20.1 Å². The summed E-state index contributed by atoms with van der Waals surface area (Å²) in [5.41, 5.74) is 2.15. The lowest BCUT2D eigenvalue weighted by atomic mass is 10.1. The molecule has 7 nitrogen and oxygen atoms in total. The number of nitrogens with one attached hydrogen (secondary N) is 1. The first-order valence-electron chi connectivity index (χ1n) is 8.64. The van der Waals surface area contributed by atoms with Crippen LogP contribution < -0.4 is 5.32 Å². The molecule has 1 amide bonds. The summed E-state index contributed by atoms with van der Waals surface area (Å²) in [4.78, 5) is 12.2. The summed E-state index contributed by atoms with van der Waals surface area (Å²) in [6.45, 7) is 3.78. The highest BCUT2D eigenvalue weighted by atomic mass is 32.2. The van der Waals surface area contributed by atoms with Gasteiger partial charge in [0.25, 0.3) is 0 Å². The Balaban J connectivity index is 1.52. The van der Waals surface area contributed by atoms with E-state index in [0.29, 0.717) is 36.4 Å². The van der Waals surface area contributed by atoms with Crippen LogP contribution in [0.4, 0.5) is 0 Å². The number of ether oxygens (including phenoxy) is 1. The third-order valence-electron chi connectivity index (χ3n) is 3.93. The summed E-state index contributed by atoms with van der Waals surface area (Å²) in [6, 6.07) is 11.6. The fraction of sp³-hybridized carbons (Fsp3) is 0.316. The van der Waals surface area contributed by atoms with Crippen molar-refractivity contribution in [3.63, 3.8) is 0 Å². The van der Waals surface area contributed by atoms with E-state index in [1.165, 1.54) is 11.8 Å². The van der Waals surface area contributed by atoms with Gasteiger partial charge < -0.3 is 14.5 Å². The predicted molar refractivity (Wildman–Crippen MR) is 103 cm³/mol. The Morgan fingerprint density at radius 1 is 1.22 bits per heavy atom. The normalized spacial score (nSPS) is 10.9. The van der Waals surface area contributed by atoms with Crippen molar-refractivity contribution in [3.05, 3.63) is 53.8 Å². The van der Waals surface area contributed by atoms with Crippen LogP contribution in [0.1, 0.15) is 18.1 Å². The van der Waals surface area contributed by atoms with Crippen molar-refractivity contribution >= 4 is 17.7 Å². The Hall–Kier alpha value is -2.58. The molecule has 27 heavy (non-hydrogen) atoms. The second-order valence-corrected chi connectivity index (χ2v) is 6.79. The molecule has 2 aromatic heterocycles. The van der Waals surface area contributed by atoms with Crippen LogP contribution in [0, 0.1) is 0 Å². The number of hydrogen-bond acceptors (Lipinski definition) is 6. The van der Waals surface area contributed by atoms with Gasteiger partial charge in [-0.1, -0.05) is 36.0 Å². The number of carbonyl (C=O) groups excluding carboxylic acids is 1. The van der Waals surface area contributed by atoms with E-state index in [4.69, 9.17) is 9.15 Å². The number of methoxy groups -OCH3 is 1. The fourth-order valence-corrected chi connectivity index (χ4v) is 3.40. The zero-order valence-electron chi connectivity index (χ0n) is 15.3. The highest BCUT2D eigenvalue weighted by Crippen LogP contribution is 2.24. The maximum Gasteiger partial charge on any atom is 0.230 e. The molecule has 0 aliphatic heterocycles. The van der Waals surface area contributed by atoms with Crippen molar-refractivity contribution in [2.75, 3.05) is 12.9 Å². The van der Waals surface area contributed by atoms with E-state index in [9.17, 15) is 4.79 Å². The number of aromatic nitrogens is 3. The van der Waals surface area contributed by atoms with Crippen LogP contribution in [0.5, 0.6) is 0 Å². The van der Waals surface area contributed by atoms with Gasteiger partial charge in [0.2, 0.25) is 5.91 Å². The van der Waals surface area contributed by atoms with Crippen molar-refractivity contribution in [3.8, 4) is 11.6 Å². The molecule has 0 aliphatic rings. The molecule has 0 saturated heterocycles. The van der Waals surface area contributed by atoms with Gasteiger partial charge in [0.05, 0.1) is 18.6 Å². The van der Waals surface area contributed by atoms with Gasteiger partial charge in [-0.15, -0.1) is 10.2 Å². The number of amides is 1. The summed E-state index contributed by atoms with van der Waals surface area (Å²) < 4.78 is 12.4. The molecule has 0 fully saturated rings. The zero-order valence-corrected chi connectivity index (χ0v) is 16.2. The molecule has 0 aliphatic carbocycles. The molecule has 3 rings (SSSR count). The number of furan rings is 1. The molecule has 2 heterocycles. The molecule has 8 heteroatoms. The molecule has 0 atom stereocenters. The molecule has 1 N–H and O–H groups in total. The number of carbonyl (C=O) groups is 1. The smallest absolute Gasteiger partial charge is 0.230 e. The molecule has 0 unspecified atom stereocenters. The summed E-state index contributed by atoms with van der Waals surface area (Å²) in [7, 11) is 1.67. The third kappa shape index (κ3) is 4.99. The minimum atomic E-state index is -0.0498. The molecular formula is C19H22N4O3S.